The van der Waals surface area contributed by atoms with Gasteiger partial charge in [-0.05, 0) is 26.2 Å². The molecule has 1 aliphatic heterocycles. The van der Waals surface area contributed by atoms with Crippen LogP contribution in [0.3, 0.4) is 0 Å². The van der Waals surface area contributed by atoms with E-state index in [-0.39, 0.29) is 12.4 Å². The second-order valence-electron chi connectivity index (χ2n) is 6.77. The van der Waals surface area contributed by atoms with Crippen LogP contribution in [0.4, 0.5) is 0 Å². The Morgan fingerprint density at radius 1 is 1.37 bits per heavy atom. The fraction of sp³-hybridized carbons (Fsp3) is 0.556. The largest absolute Gasteiger partial charge is 0.483 e. The number of rotatable bonds is 4. The highest BCUT2D eigenvalue weighted by molar-refractivity contribution is 7.09. The van der Waals surface area contributed by atoms with Crippen molar-refractivity contribution in [2.24, 2.45) is 0 Å². The van der Waals surface area contributed by atoms with Gasteiger partial charge < -0.3 is 14.5 Å². The maximum Gasteiger partial charge on any atom is 0.290 e. The van der Waals surface area contributed by atoms with Crippen LogP contribution in [-0.2, 0) is 11.3 Å². The molecule has 0 bridgehead atoms. The molecule has 3 heterocycles. The van der Waals surface area contributed by atoms with E-state index >= 15 is 0 Å². The lowest BCUT2D eigenvalue weighted by Crippen LogP contribution is -2.35. The minimum absolute atomic E-state index is 0.0543. The van der Waals surface area contributed by atoms with E-state index in [0.29, 0.717) is 11.6 Å². The van der Waals surface area contributed by atoms with Gasteiger partial charge in [0.05, 0.1) is 10.7 Å². The topological polar surface area (TPSA) is 99.8 Å². The highest BCUT2D eigenvalue weighted by Crippen LogP contribution is 2.40. The molecule has 0 radical (unpaired) electrons. The molecule has 1 saturated heterocycles. The maximum atomic E-state index is 12.5. The molecule has 2 aromatic rings. The summed E-state index contributed by atoms with van der Waals surface area (Å²) in [5, 5.41) is 13.9. The number of carbonyl (C=O) groups is 2. The lowest BCUT2D eigenvalue weighted by atomic mass is 10.2. The Balaban J connectivity index is 0.000000659. The van der Waals surface area contributed by atoms with Gasteiger partial charge in [0.1, 0.15) is 11.5 Å². The SMILES string of the molecule is Cc1nc(C(=O)N2CCCN(Cc3cc(C4CC4)on3)CC2)cs1.O=CO. The molecule has 0 unspecified atom stereocenters. The fourth-order valence-electron chi connectivity index (χ4n) is 3.15. The lowest BCUT2D eigenvalue weighted by molar-refractivity contribution is -0.122. The van der Waals surface area contributed by atoms with E-state index in [0.717, 1.165) is 55.6 Å². The van der Waals surface area contributed by atoms with Crippen molar-refractivity contribution in [3.8, 4) is 0 Å². The van der Waals surface area contributed by atoms with Crippen LogP contribution in [0.5, 0.6) is 0 Å². The van der Waals surface area contributed by atoms with Gasteiger partial charge in [-0.3, -0.25) is 14.5 Å². The van der Waals surface area contributed by atoms with Crippen molar-refractivity contribution < 1.29 is 19.2 Å². The van der Waals surface area contributed by atoms with Crippen LogP contribution in [0, 0.1) is 6.92 Å². The van der Waals surface area contributed by atoms with E-state index in [1.54, 1.807) is 0 Å². The molecule has 9 heteroatoms. The zero-order valence-electron chi connectivity index (χ0n) is 15.3. The zero-order chi connectivity index (χ0) is 19.2. The molecule has 4 rings (SSSR count). The van der Waals surface area contributed by atoms with E-state index in [1.165, 1.54) is 24.2 Å². The third-order valence-corrected chi connectivity index (χ3v) is 5.43. The summed E-state index contributed by atoms with van der Waals surface area (Å²) in [6.45, 7) is 5.85. The average molecular weight is 392 g/mol. The summed E-state index contributed by atoms with van der Waals surface area (Å²) in [6, 6.07) is 2.10. The first-order valence-corrected chi connectivity index (χ1v) is 9.95. The zero-order valence-corrected chi connectivity index (χ0v) is 16.2. The summed E-state index contributed by atoms with van der Waals surface area (Å²) in [6.07, 6.45) is 3.43. The molecule has 1 aliphatic carbocycles. The van der Waals surface area contributed by atoms with Crippen LogP contribution in [0.25, 0.3) is 0 Å². The van der Waals surface area contributed by atoms with Crippen molar-refractivity contribution in [2.45, 2.75) is 38.6 Å². The molecule has 1 saturated carbocycles. The van der Waals surface area contributed by atoms with Crippen molar-refractivity contribution in [1.82, 2.24) is 19.9 Å². The molecule has 0 spiro atoms. The van der Waals surface area contributed by atoms with Gasteiger partial charge in [0.15, 0.2) is 0 Å². The van der Waals surface area contributed by atoms with E-state index < -0.39 is 0 Å². The molecular weight excluding hydrogens is 368 g/mol. The molecule has 1 N–H and O–H groups in total. The number of nitrogens with zero attached hydrogens (tertiary/aromatic N) is 4. The smallest absolute Gasteiger partial charge is 0.290 e. The molecule has 2 aliphatic rings. The molecule has 0 aromatic carbocycles. The monoisotopic (exact) mass is 392 g/mol. The van der Waals surface area contributed by atoms with Gasteiger partial charge in [0.2, 0.25) is 0 Å². The maximum absolute atomic E-state index is 12.5. The second-order valence-corrected chi connectivity index (χ2v) is 7.84. The fourth-order valence-corrected chi connectivity index (χ4v) is 3.73. The van der Waals surface area contributed by atoms with Gasteiger partial charge in [0.25, 0.3) is 12.4 Å². The molecule has 27 heavy (non-hydrogen) atoms. The van der Waals surface area contributed by atoms with Gasteiger partial charge >= 0.3 is 0 Å². The lowest BCUT2D eigenvalue weighted by Gasteiger charge is -2.20. The van der Waals surface area contributed by atoms with E-state index in [4.69, 9.17) is 14.4 Å². The first kappa shape index (κ1) is 19.5. The minimum atomic E-state index is -0.250. The first-order chi connectivity index (χ1) is 13.1. The van der Waals surface area contributed by atoms with Crippen molar-refractivity contribution >= 4 is 23.7 Å². The summed E-state index contributed by atoms with van der Waals surface area (Å²) in [4.78, 5) is 29.5. The number of carboxylic acid groups (broad SMARTS) is 1. The first-order valence-electron chi connectivity index (χ1n) is 9.07. The Labute approximate surface area is 161 Å². The number of carbonyl (C=O) groups excluding carboxylic acids is 1. The number of thiazole rings is 1. The Morgan fingerprint density at radius 3 is 2.81 bits per heavy atom. The van der Waals surface area contributed by atoms with Crippen LogP contribution in [0.2, 0.25) is 0 Å². The number of hydrogen-bond donors (Lipinski definition) is 1. The van der Waals surface area contributed by atoms with Crippen LogP contribution >= 0.6 is 11.3 Å². The van der Waals surface area contributed by atoms with Gasteiger partial charge in [-0.25, -0.2) is 4.98 Å². The summed E-state index contributed by atoms with van der Waals surface area (Å²) in [5.74, 6) is 1.69. The highest BCUT2D eigenvalue weighted by Gasteiger charge is 2.28. The summed E-state index contributed by atoms with van der Waals surface area (Å²) < 4.78 is 5.43. The number of aryl methyl sites for hydroxylation is 1. The predicted octanol–water partition coefficient (Wildman–Crippen LogP) is 2.37. The van der Waals surface area contributed by atoms with Crippen molar-refractivity contribution in [2.75, 3.05) is 26.2 Å². The van der Waals surface area contributed by atoms with E-state index in [1.807, 2.05) is 17.2 Å². The van der Waals surface area contributed by atoms with Gasteiger partial charge in [0, 0.05) is 50.1 Å². The van der Waals surface area contributed by atoms with Gasteiger partial charge in [-0.2, -0.15) is 0 Å². The highest BCUT2D eigenvalue weighted by atomic mass is 32.1. The van der Waals surface area contributed by atoms with Crippen LogP contribution in [0.15, 0.2) is 16.0 Å². The van der Waals surface area contributed by atoms with Crippen LogP contribution < -0.4 is 0 Å². The van der Waals surface area contributed by atoms with E-state index in [2.05, 4.69) is 21.1 Å². The van der Waals surface area contributed by atoms with Crippen molar-refractivity contribution in [3.05, 3.63) is 33.6 Å². The summed E-state index contributed by atoms with van der Waals surface area (Å²) in [5.41, 5.74) is 1.59. The molecule has 1 amide bonds. The molecule has 146 valence electrons. The molecule has 2 aromatic heterocycles. The standard InChI is InChI=1S/C17H22N4O2S.CH2O2/c1-12-18-15(11-24-12)17(22)21-6-2-5-20(7-8-21)10-14-9-16(23-19-14)13-3-4-13;2-1-3/h9,11,13H,2-8,10H2,1H3;1H,(H,2,3). The Kier molecular flexibility index (Phi) is 6.57. The molecule has 0 atom stereocenters. The van der Waals surface area contributed by atoms with Crippen LogP contribution in [0.1, 0.15) is 52.1 Å². The summed E-state index contributed by atoms with van der Waals surface area (Å²) in [7, 11) is 0. The predicted molar refractivity (Wildman–Crippen MR) is 99.8 cm³/mol. The van der Waals surface area contributed by atoms with Crippen LogP contribution in [-0.4, -0.2) is 63.6 Å². The Bertz CT molecular complexity index is 771. The quantitative estimate of drug-likeness (QED) is 0.797. The third kappa shape index (κ3) is 5.36. The molecular formula is C18H24N4O4S. The number of aromatic nitrogens is 2. The Hall–Kier alpha value is -2.26. The molecule has 8 nitrogen and oxygen atoms in total. The Morgan fingerprint density at radius 2 is 2.15 bits per heavy atom. The van der Waals surface area contributed by atoms with Crippen molar-refractivity contribution in [1.29, 1.82) is 0 Å². The average Bonchev–Trinajstić information content (AvgIpc) is 3.32. The summed E-state index contributed by atoms with van der Waals surface area (Å²) >= 11 is 1.53. The van der Waals surface area contributed by atoms with Gasteiger partial charge in [-0.1, -0.05) is 5.16 Å². The van der Waals surface area contributed by atoms with E-state index in [9.17, 15) is 4.79 Å². The normalized spacial score (nSPS) is 17.7. The van der Waals surface area contributed by atoms with Crippen molar-refractivity contribution in [3.63, 3.8) is 0 Å². The molecule has 2 fully saturated rings. The second kappa shape index (κ2) is 9.09. The minimum Gasteiger partial charge on any atom is -0.483 e. The van der Waals surface area contributed by atoms with Gasteiger partial charge in [-0.15, -0.1) is 11.3 Å². The number of hydrogen-bond acceptors (Lipinski definition) is 7. The third-order valence-electron chi connectivity index (χ3n) is 4.66. The number of amides is 1.